The number of nitrogens with one attached hydrogen (secondary N) is 4. The van der Waals surface area contributed by atoms with Crippen molar-refractivity contribution >= 4 is 35.4 Å². The van der Waals surface area contributed by atoms with Crippen molar-refractivity contribution in [1.82, 2.24) is 21.3 Å². The lowest BCUT2D eigenvalue weighted by molar-refractivity contribution is -0.148. The van der Waals surface area contributed by atoms with Gasteiger partial charge >= 0.3 is 5.97 Å². The summed E-state index contributed by atoms with van der Waals surface area (Å²) in [5, 5.41) is 10.0. The molecule has 0 heterocycles. The zero-order valence-electron chi connectivity index (χ0n) is 22.1. The van der Waals surface area contributed by atoms with Crippen molar-refractivity contribution in [3.63, 3.8) is 0 Å². The number of hydrogen-bond donors (Lipinski definition) is 4. The number of ketones is 1. The van der Waals surface area contributed by atoms with Gasteiger partial charge in [-0.3, -0.25) is 28.8 Å². The molecule has 38 heavy (non-hydrogen) atoms. The van der Waals surface area contributed by atoms with E-state index in [1.165, 1.54) is 14.1 Å². The van der Waals surface area contributed by atoms with E-state index in [1.807, 2.05) is 0 Å². The standard InChI is InChI=1S/C23H40N4O11/c1-24-21(31)16-36-13-11-34-9-7-26-19(29)4-3-18(28)15-38-23(33)6-5-20(30)27-8-10-35-12-14-37-17-22(32)25-2/h3-17H2,1-2H3,(H,24,31)(H,25,32)(H,26,29)(H,27,30). The predicted octanol–water partition coefficient (Wildman–Crippen LogP) is -2.55. The Morgan fingerprint density at radius 2 is 0.947 bits per heavy atom. The van der Waals surface area contributed by atoms with Crippen molar-refractivity contribution in [3.05, 3.63) is 0 Å². The Hall–Kier alpha value is -3.14. The highest BCUT2D eigenvalue weighted by molar-refractivity contribution is 5.87. The van der Waals surface area contributed by atoms with Gasteiger partial charge < -0.3 is 45.0 Å². The van der Waals surface area contributed by atoms with Crippen molar-refractivity contribution in [2.24, 2.45) is 0 Å². The number of hydrogen-bond acceptors (Lipinski definition) is 11. The van der Waals surface area contributed by atoms with Crippen LogP contribution in [0.2, 0.25) is 0 Å². The fourth-order valence-electron chi connectivity index (χ4n) is 2.39. The summed E-state index contributed by atoms with van der Waals surface area (Å²) in [6.45, 7) is 1.43. The summed E-state index contributed by atoms with van der Waals surface area (Å²) in [7, 11) is 3.02. The molecule has 0 atom stereocenters. The molecule has 0 bridgehead atoms. The van der Waals surface area contributed by atoms with Gasteiger partial charge in [0.1, 0.15) is 19.8 Å². The van der Waals surface area contributed by atoms with Gasteiger partial charge in [-0.2, -0.15) is 0 Å². The molecule has 4 N–H and O–H groups in total. The van der Waals surface area contributed by atoms with E-state index in [9.17, 15) is 28.8 Å². The van der Waals surface area contributed by atoms with Crippen LogP contribution >= 0.6 is 0 Å². The van der Waals surface area contributed by atoms with E-state index in [4.69, 9.17) is 23.7 Å². The normalized spacial score (nSPS) is 10.4. The van der Waals surface area contributed by atoms with E-state index < -0.39 is 18.4 Å². The van der Waals surface area contributed by atoms with Crippen molar-refractivity contribution in [2.45, 2.75) is 25.7 Å². The minimum atomic E-state index is -0.695. The van der Waals surface area contributed by atoms with Gasteiger partial charge in [-0.15, -0.1) is 0 Å². The Labute approximate surface area is 222 Å². The number of rotatable bonds is 24. The molecule has 0 rings (SSSR count). The lowest BCUT2D eigenvalue weighted by Crippen LogP contribution is -2.29. The molecular formula is C23H40N4O11. The van der Waals surface area contributed by atoms with Gasteiger partial charge in [-0.25, -0.2) is 0 Å². The second kappa shape index (κ2) is 24.2. The molecule has 15 nitrogen and oxygen atoms in total. The molecule has 0 aromatic carbocycles. The molecule has 0 unspecified atom stereocenters. The average molecular weight is 549 g/mol. The molecule has 0 aromatic heterocycles. The fourth-order valence-corrected chi connectivity index (χ4v) is 2.39. The molecule has 15 heteroatoms. The van der Waals surface area contributed by atoms with Gasteiger partial charge in [0.2, 0.25) is 23.6 Å². The lowest BCUT2D eigenvalue weighted by atomic mass is 10.2. The zero-order valence-corrected chi connectivity index (χ0v) is 22.1. The summed E-state index contributed by atoms with van der Waals surface area (Å²) >= 11 is 0. The molecule has 4 amide bonds. The van der Waals surface area contributed by atoms with Crippen LogP contribution in [0.25, 0.3) is 0 Å². The number of Topliss-reactive ketones (excluding diaryl/α,β-unsaturated/α-hetero) is 1. The maximum atomic E-state index is 11.8. The van der Waals surface area contributed by atoms with Crippen molar-refractivity contribution < 1.29 is 52.5 Å². The molecule has 0 fully saturated rings. The summed E-state index contributed by atoms with van der Waals surface area (Å²) in [6, 6.07) is 0. The van der Waals surface area contributed by atoms with Crippen LogP contribution in [0, 0.1) is 0 Å². The highest BCUT2D eigenvalue weighted by Crippen LogP contribution is 1.97. The Balaban J connectivity index is 3.61. The summed E-state index contributed by atoms with van der Waals surface area (Å²) < 4.78 is 25.4. The third-order valence-electron chi connectivity index (χ3n) is 4.49. The van der Waals surface area contributed by atoms with Crippen LogP contribution in [0.1, 0.15) is 25.7 Å². The fraction of sp³-hybridized carbons (Fsp3) is 0.739. The van der Waals surface area contributed by atoms with Crippen molar-refractivity contribution in [3.8, 4) is 0 Å². The maximum Gasteiger partial charge on any atom is 0.306 e. The van der Waals surface area contributed by atoms with Crippen LogP contribution in [-0.2, 0) is 52.5 Å². The minimum Gasteiger partial charge on any atom is -0.458 e. The molecule has 0 aliphatic carbocycles. The van der Waals surface area contributed by atoms with E-state index in [1.54, 1.807) is 0 Å². The Kier molecular flexibility index (Phi) is 22.2. The summed E-state index contributed by atoms with van der Waals surface area (Å²) in [5.41, 5.74) is 0. The maximum absolute atomic E-state index is 11.8. The number of amides is 4. The SMILES string of the molecule is CNC(=O)COCCOCCNC(=O)CCC(=O)COC(=O)CCC(=O)NCCOCCOCC(=O)NC. The Bertz CT molecular complexity index is 674. The van der Waals surface area contributed by atoms with Crippen LogP contribution in [-0.4, -0.2) is 122 Å². The van der Waals surface area contributed by atoms with Crippen LogP contribution in [0.3, 0.4) is 0 Å². The second-order valence-electron chi connectivity index (χ2n) is 7.58. The van der Waals surface area contributed by atoms with Gasteiger partial charge in [0, 0.05) is 46.4 Å². The monoisotopic (exact) mass is 548 g/mol. The van der Waals surface area contributed by atoms with Gasteiger partial charge in [0.15, 0.2) is 5.78 Å². The zero-order chi connectivity index (χ0) is 28.4. The first-order chi connectivity index (χ1) is 18.3. The molecule has 0 radical (unpaired) electrons. The van der Waals surface area contributed by atoms with E-state index in [2.05, 4.69) is 21.3 Å². The molecule has 0 aromatic rings. The van der Waals surface area contributed by atoms with Gasteiger partial charge in [0.25, 0.3) is 0 Å². The topological polar surface area (TPSA) is 197 Å². The lowest BCUT2D eigenvalue weighted by Gasteiger charge is -2.08. The second-order valence-corrected chi connectivity index (χ2v) is 7.58. The molecule has 0 aliphatic heterocycles. The summed E-state index contributed by atoms with van der Waals surface area (Å²) in [4.78, 5) is 68.9. The Morgan fingerprint density at radius 1 is 0.500 bits per heavy atom. The first-order valence-electron chi connectivity index (χ1n) is 12.2. The van der Waals surface area contributed by atoms with Crippen LogP contribution in [0.4, 0.5) is 0 Å². The first kappa shape index (κ1) is 34.9. The largest absolute Gasteiger partial charge is 0.458 e. The number of esters is 1. The number of carbonyl (C=O) groups excluding carboxylic acids is 6. The number of ether oxygens (including phenoxy) is 5. The van der Waals surface area contributed by atoms with Crippen LogP contribution in [0.15, 0.2) is 0 Å². The molecule has 0 spiro atoms. The molecule has 0 saturated carbocycles. The number of carbonyl (C=O) groups is 6. The van der Waals surface area contributed by atoms with Crippen molar-refractivity contribution in [1.29, 1.82) is 0 Å². The smallest absolute Gasteiger partial charge is 0.306 e. The summed E-state index contributed by atoms with van der Waals surface area (Å²) in [6.07, 6.45) is -0.446. The quantitative estimate of drug-likeness (QED) is 0.0732. The van der Waals surface area contributed by atoms with Gasteiger partial charge in [-0.1, -0.05) is 0 Å². The Morgan fingerprint density at radius 3 is 1.42 bits per heavy atom. The third-order valence-corrected chi connectivity index (χ3v) is 4.49. The van der Waals surface area contributed by atoms with E-state index in [0.29, 0.717) is 0 Å². The number of likely N-dealkylation sites (N-methyl/N-ethyl adjacent to an activating group) is 2. The summed E-state index contributed by atoms with van der Waals surface area (Å²) in [5.74, 6) is -2.30. The predicted molar refractivity (Wildman–Crippen MR) is 132 cm³/mol. The van der Waals surface area contributed by atoms with Gasteiger partial charge in [0.05, 0.1) is 46.1 Å². The molecular weight excluding hydrogens is 508 g/mol. The highest BCUT2D eigenvalue weighted by Gasteiger charge is 2.12. The van der Waals surface area contributed by atoms with Crippen molar-refractivity contribution in [2.75, 3.05) is 86.6 Å². The molecule has 218 valence electrons. The van der Waals surface area contributed by atoms with E-state index in [-0.39, 0.29) is 115 Å². The molecule has 0 aliphatic rings. The van der Waals surface area contributed by atoms with Crippen LogP contribution in [0.5, 0.6) is 0 Å². The third kappa shape index (κ3) is 23.3. The minimum absolute atomic E-state index is 0.0489. The van der Waals surface area contributed by atoms with Crippen LogP contribution < -0.4 is 21.3 Å². The molecule has 0 saturated heterocycles. The van der Waals surface area contributed by atoms with Gasteiger partial charge in [-0.05, 0) is 0 Å². The average Bonchev–Trinajstić information content (AvgIpc) is 2.91. The van der Waals surface area contributed by atoms with E-state index in [0.717, 1.165) is 0 Å². The highest BCUT2D eigenvalue weighted by atomic mass is 16.5. The van der Waals surface area contributed by atoms with E-state index >= 15 is 0 Å². The first-order valence-corrected chi connectivity index (χ1v) is 12.2.